The summed E-state index contributed by atoms with van der Waals surface area (Å²) in [5, 5.41) is 19.5. The molecule has 0 saturated carbocycles. The highest BCUT2D eigenvalue weighted by molar-refractivity contribution is 7.89. The molecular weight excluding hydrogens is 300 g/mol. The number of carboxylic acid groups (broad SMARTS) is 1. The summed E-state index contributed by atoms with van der Waals surface area (Å²) >= 11 is 0. The predicted octanol–water partition coefficient (Wildman–Crippen LogP) is 0.658. The Labute approximate surface area is 121 Å². The van der Waals surface area contributed by atoms with Crippen molar-refractivity contribution in [3.05, 3.63) is 33.9 Å². The summed E-state index contributed by atoms with van der Waals surface area (Å²) in [6, 6.07) is 1.70. The molecule has 9 heteroatoms. The number of non-ortho nitro benzene ring substituents is 1. The molecule has 0 saturated heterocycles. The van der Waals surface area contributed by atoms with Crippen LogP contribution in [-0.2, 0) is 14.8 Å². The van der Waals surface area contributed by atoms with Gasteiger partial charge in [-0.1, -0.05) is 0 Å². The minimum absolute atomic E-state index is 0.126. The molecule has 2 N–H and O–H groups in total. The second-order valence-electron chi connectivity index (χ2n) is 4.13. The van der Waals surface area contributed by atoms with Crippen LogP contribution in [-0.4, -0.2) is 30.5 Å². The van der Waals surface area contributed by atoms with Crippen molar-refractivity contribution in [2.75, 3.05) is 0 Å². The van der Waals surface area contributed by atoms with Gasteiger partial charge in [-0.2, -0.15) is 4.72 Å². The van der Waals surface area contributed by atoms with Crippen molar-refractivity contribution in [2.24, 2.45) is 0 Å². The third kappa shape index (κ3) is 4.01. The molecule has 8 nitrogen and oxygen atoms in total. The second-order valence-corrected chi connectivity index (χ2v) is 5.81. The molecular formula is C12H12N2O6S. The zero-order chi connectivity index (χ0) is 16.2. The number of nitro groups is 1. The Morgan fingerprint density at radius 1 is 1.57 bits per heavy atom. The molecule has 0 aliphatic carbocycles. The third-order valence-electron chi connectivity index (χ3n) is 2.58. The summed E-state index contributed by atoms with van der Waals surface area (Å²) in [5.41, 5.74) is -0.133. The number of hydrogen-bond donors (Lipinski definition) is 2. The summed E-state index contributed by atoms with van der Waals surface area (Å²) in [7, 11) is -4.15. The minimum Gasteiger partial charge on any atom is -0.480 e. The number of nitrogens with zero attached hydrogens (tertiary/aromatic N) is 1. The van der Waals surface area contributed by atoms with Crippen molar-refractivity contribution in [3.63, 3.8) is 0 Å². The van der Waals surface area contributed by atoms with E-state index in [9.17, 15) is 23.3 Å². The molecule has 0 aliphatic rings. The lowest BCUT2D eigenvalue weighted by atomic mass is 10.2. The number of terminal acetylenes is 1. The van der Waals surface area contributed by atoms with Crippen molar-refractivity contribution in [1.82, 2.24) is 4.72 Å². The first-order valence-electron chi connectivity index (χ1n) is 5.62. The van der Waals surface area contributed by atoms with Gasteiger partial charge < -0.3 is 5.11 Å². The lowest BCUT2D eigenvalue weighted by Gasteiger charge is -2.13. The highest BCUT2D eigenvalue weighted by atomic mass is 32.2. The van der Waals surface area contributed by atoms with E-state index in [1.165, 1.54) is 6.92 Å². The fraction of sp³-hybridized carbons (Fsp3) is 0.250. The number of carbonyl (C=O) groups is 1. The molecule has 21 heavy (non-hydrogen) atoms. The molecule has 0 radical (unpaired) electrons. The molecule has 0 heterocycles. The van der Waals surface area contributed by atoms with Gasteiger partial charge >= 0.3 is 5.97 Å². The molecule has 1 aromatic rings. The van der Waals surface area contributed by atoms with Gasteiger partial charge in [-0.15, -0.1) is 12.3 Å². The molecule has 1 rings (SSSR count). The van der Waals surface area contributed by atoms with Crippen LogP contribution >= 0.6 is 0 Å². The Kier molecular flexibility index (Phi) is 5.02. The maximum Gasteiger partial charge on any atom is 0.322 e. The van der Waals surface area contributed by atoms with E-state index in [2.05, 4.69) is 5.92 Å². The first-order chi connectivity index (χ1) is 9.69. The fourth-order valence-electron chi connectivity index (χ4n) is 1.60. The average molecular weight is 312 g/mol. The number of aryl methyl sites for hydroxylation is 1. The van der Waals surface area contributed by atoms with Gasteiger partial charge in [0.25, 0.3) is 5.69 Å². The number of nitro benzene ring substituents is 1. The Bertz CT molecular complexity index is 720. The molecule has 112 valence electrons. The van der Waals surface area contributed by atoms with E-state index in [0.717, 1.165) is 18.2 Å². The van der Waals surface area contributed by atoms with E-state index >= 15 is 0 Å². The van der Waals surface area contributed by atoms with Crippen LogP contribution in [0.3, 0.4) is 0 Å². The van der Waals surface area contributed by atoms with Gasteiger partial charge in [-0.3, -0.25) is 14.9 Å². The first kappa shape index (κ1) is 16.6. The minimum atomic E-state index is -4.15. The molecule has 1 atom stereocenters. The van der Waals surface area contributed by atoms with Crippen LogP contribution in [0.1, 0.15) is 12.0 Å². The van der Waals surface area contributed by atoms with Crippen LogP contribution in [0, 0.1) is 29.4 Å². The lowest BCUT2D eigenvalue weighted by molar-refractivity contribution is -0.385. The summed E-state index contributed by atoms with van der Waals surface area (Å²) in [6.07, 6.45) is 4.67. The van der Waals surface area contributed by atoms with Crippen LogP contribution in [0.2, 0.25) is 0 Å². The number of nitrogens with one attached hydrogen (secondary N) is 1. The highest BCUT2D eigenvalue weighted by Crippen LogP contribution is 2.21. The van der Waals surface area contributed by atoms with Gasteiger partial charge in [0.1, 0.15) is 6.04 Å². The van der Waals surface area contributed by atoms with Gasteiger partial charge in [-0.05, 0) is 18.6 Å². The smallest absolute Gasteiger partial charge is 0.322 e. The van der Waals surface area contributed by atoms with Gasteiger partial charge in [0.15, 0.2) is 0 Å². The van der Waals surface area contributed by atoms with Crippen molar-refractivity contribution < 1.29 is 23.2 Å². The molecule has 0 bridgehead atoms. The molecule has 0 spiro atoms. The van der Waals surface area contributed by atoms with E-state index in [1.807, 2.05) is 4.72 Å². The number of rotatable bonds is 6. The molecule has 0 amide bonds. The Morgan fingerprint density at radius 3 is 2.62 bits per heavy atom. The Balaban J connectivity index is 3.17. The topological polar surface area (TPSA) is 127 Å². The molecule has 0 fully saturated rings. The lowest BCUT2D eigenvalue weighted by Crippen LogP contribution is -2.40. The summed E-state index contributed by atoms with van der Waals surface area (Å²) in [6.45, 7) is 1.37. The van der Waals surface area contributed by atoms with Crippen LogP contribution in [0.15, 0.2) is 23.1 Å². The van der Waals surface area contributed by atoms with Crippen LogP contribution in [0.25, 0.3) is 0 Å². The van der Waals surface area contributed by atoms with Crippen molar-refractivity contribution in [3.8, 4) is 12.3 Å². The number of aliphatic carboxylic acids is 1. The fourth-order valence-corrected chi connectivity index (χ4v) is 3.01. The molecule has 1 unspecified atom stereocenters. The second kappa shape index (κ2) is 6.34. The van der Waals surface area contributed by atoms with Crippen molar-refractivity contribution >= 4 is 21.7 Å². The largest absolute Gasteiger partial charge is 0.480 e. The van der Waals surface area contributed by atoms with Gasteiger partial charge in [0.05, 0.1) is 9.82 Å². The van der Waals surface area contributed by atoms with Crippen molar-refractivity contribution in [2.45, 2.75) is 24.3 Å². The van der Waals surface area contributed by atoms with Crippen LogP contribution in [0.4, 0.5) is 5.69 Å². The van der Waals surface area contributed by atoms with E-state index in [0.29, 0.717) is 0 Å². The summed E-state index contributed by atoms with van der Waals surface area (Å²) in [4.78, 5) is 20.6. The Morgan fingerprint density at radius 2 is 2.19 bits per heavy atom. The average Bonchev–Trinajstić information content (AvgIpc) is 2.37. The van der Waals surface area contributed by atoms with Gasteiger partial charge in [0.2, 0.25) is 10.0 Å². The number of benzene rings is 1. The normalized spacial score (nSPS) is 12.4. The summed E-state index contributed by atoms with van der Waals surface area (Å²) < 4.78 is 26.2. The van der Waals surface area contributed by atoms with E-state index in [4.69, 9.17) is 11.5 Å². The molecule has 0 aromatic heterocycles. The van der Waals surface area contributed by atoms with Crippen molar-refractivity contribution in [1.29, 1.82) is 0 Å². The zero-order valence-corrected chi connectivity index (χ0v) is 11.8. The van der Waals surface area contributed by atoms with E-state index in [-0.39, 0.29) is 22.6 Å². The number of carboxylic acids is 1. The highest BCUT2D eigenvalue weighted by Gasteiger charge is 2.26. The number of hydrogen-bond acceptors (Lipinski definition) is 5. The molecule has 0 aliphatic heterocycles. The quantitative estimate of drug-likeness (QED) is 0.451. The maximum atomic E-state index is 12.1. The third-order valence-corrected chi connectivity index (χ3v) is 4.21. The van der Waals surface area contributed by atoms with E-state index in [1.54, 1.807) is 0 Å². The first-order valence-corrected chi connectivity index (χ1v) is 7.11. The van der Waals surface area contributed by atoms with E-state index < -0.39 is 27.0 Å². The monoisotopic (exact) mass is 312 g/mol. The Hall–Kier alpha value is -2.44. The van der Waals surface area contributed by atoms with Gasteiger partial charge in [-0.25, -0.2) is 8.42 Å². The van der Waals surface area contributed by atoms with Crippen LogP contribution in [0.5, 0.6) is 0 Å². The standard InChI is InChI=1S/C12H12N2O6S/c1-3-4-10(12(15)16)13-21(19,20)11-6-5-9(14(17)18)7-8(11)2/h1,5-7,10,13H,4H2,2H3,(H,15,16). The maximum absolute atomic E-state index is 12.1. The SMILES string of the molecule is C#CCC(NS(=O)(=O)c1ccc([N+](=O)[O-])cc1C)C(=O)O. The predicted molar refractivity (Wildman–Crippen MR) is 73.0 cm³/mol. The number of sulfonamides is 1. The summed E-state index contributed by atoms with van der Waals surface area (Å²) in [5.74, 6) is 0.658. The van der Waals surface area contributed by atoms with Gasteiger partial charge in [0, 0.05) is 18.6 Å². The molecule has 1 aromatic carbocycles. The van der Waals surface area contributed by atoms with Crippen LogP contribution < -0.4 is 4.72 Å². The zero-order valence-electron chi connectivity index (χ0n) is 10.9.